The third-order valence-corrected chi connectivity index (χ3v) is 3.34. The van der Waals surface area contributed by atoms with E-state index in [0.717, 1.165) is 36.9 Å². The van der Waals surface area contributed by atoms with E-state index in [4.69, 9.17) is 0 Å². The summed E-state index contributed by atoms with van der Waals surface area (Å²) in [4.78, 5) is 10.2. The third kappa shape index (κ3) is 6.53. The summed E-state index contributed by atoms with van der Waals surface area (Å²) >= 11 is 1.74. The van der Waals surface area contributed by atoms with E-state index in [9.17, 15) is 0 Å². The lowest BCUT2D eigenvalue weighted by atomic mass is 10.4. The minimum Gasteiger partial charge on any atom is -0.357 e. The Bertz CT molecular complexity index is 352. The maximum atomic E-state index is 4.51. The molecule has 0 saturated carbocycles. The SMILES string of the molecule is CCCNC(=NCc1ncc(CC)s1)NCC.I. The second-order valence-electron chi connectivity index (χ2n) is 3.70. The van der Waals surface area contributed by atoms with Gasteiger partial charge in [0, 0.05) is 24.2 Å². The van der Waals surface area contributed by atoms with E-state index >= 15 is 0 Å². The van der Waals surface area contributed by atoms with E-state index in [2.05, 4.69) is 41.4 Å². The van der Waals surface area contributed by atoms with Gasteiger partial charge in [-0.2, -0.15) is 0 Å². The summed E-state index contributed by atoms with van der Waals surface area (Å²) in [5.74, 6) is 0.877. The van der Waals surface area contributed by atoms with Crippen molar-refractivity contribution in [2.75, 3.05) is 13.1 Å². The Morgan fingerprint density at radius 2 is 2.11 bits per heavy atom. The highest BCUT2D eigenvalue weighted by Crippen LogP contribution is 2.13. The Labute approximate surface area is 131 Å². The van der Waals surface area contributed by atoms with E-state index in [1.54, 1.807) is 11.3 Å². The molecule has 1 aromatic rings. The summed E-state index contributed by atoms with van der Waals surface area (Å²) < 4.78 is 0. The largest absolute Gasteiger partial charge is 0.357 e. The fourth-order valence-corrected chi connectivity index (χ4v) is 2.10. The lowest BCUT2D eigenvalue weighted by Crippen LogP contribution is -2.37. The number of hydrogen-bond donors (Lipinski definition) is 2. The number of nitrogens with zero attached hydrogens (tertiary/aromatic N) is 2. The smallest absolute Gasteiger partial charge is 0.191 e. The topological polar surface area (TPSA) is 49.3 Å². The van der Waals surface area contributed by atoms with Crippen LogP contribution in [0.3, 0.4) is 0 Å². The molecular weight excluding hydrogens is 359 g/mol. The van der Waals surface area contributed by atoms with Gasteiger partial charge in [0.25, 0.3) is 0 Å². The van der Waals surface area contributed by atoms with Crippen molar-refractivity contribution < 1.29 is 0 Å². The number of nitrogens with one attached hydrogen (secondary N) is 2. The second kappa shape index (κ2) is 10.5. The summed E-state index contributed by atoms with van der Waals surface area (Å²) in [5.41, 5.74) is 0. The average molecular weight is 382 g/mol. The average Bonchev–Trinajstić information content (AvgIpc) is 2.80. The quantitative estimate of drug-likeness (QED) is 0.452. The fourth-order valence-electron chi connectivity index (χ4n) is 1.32. The Morgan fingerprint density at radius 1 is 1.33 bits per heavy atom. The van der Waals surface area contributed by atoms with Gasteiger partial charge in [-0.25, -0.2) is 9.98 Å². The fraction of sp³-hybridized carbons (Fsp3) is 0.667. The predicted molar refractivity (Wildman–Crippen MR) is 90.0 cm³/mol. The van der Waals surface area contributed by atoms with E-state index in [0.29, 0.717) is 6.54 Å². The summed E-state index contributed by atoms with van der Waals surface area (Å²) in [6.45, 7) is 8.85. The lowest BCUT2D eigenvalue weighted by Gasteiger charge is -2.09. The first-order valence-corrected chi connectivity index (χ1v) is 7.07. The van der Waals surface area contributed by atoms with Crippen molar-refractivity contribution in [1.82, 2.24) is 15.6 Å². The third-order valence-electron chi connectivity index (χ3n) is 2.21. The Morgan fingerprint density at radius 3 is 2.67 bits per heavy atom. The second-order valence-corrected chi connectivity index (χ2v) is 4.90. The molecule has 4 nitrogen and oxygen atoms in total. The van der Waals surface area contributed by atoms with Crippen LogP contribution in [0.4, 0.5) is 0 Å². The molecule has 0 atom stereocenters. The molecule has 6 heteroatoms. The van der Waals surface area contributed by atoms with Crippen molar-refractivity contribution in [3.63, 3.8) is 0 Å². The van der Waals surface area contributed by atoms with Crippen LogP contribution in [0.15, 0.2) is 11.2 Å². The maximum Gasteiger partial charge on any atom is 0.191 e. The molecule has 104 valence electrons. The molecule has 0 aliphatic carbocycles. The normalized spacial score (nSPS) is 10.9. The highest BCUT2D eigenvalue weighted by atomic mass is 127. The Kier molecular flexibility index (Phi) is 10.3. The molecule has 0 aliphatic rings. The van der Waals surface area contributed by atoms with Crippen LogP contribution >= 0.6 is 35.3 Å². The van der Waals surface area contributed by atoms with Gasteiger partial charge in [-0.3, -0.25) is 0 Å². The minimum absolute atomic E-state index is 0. The zero-order valence-corrected chi connectivity index (χ0v) is 14.5. The van der Waals surface area contributed by atoms with Crippen LogP contribution in [0.1, 0.15) is 37.1 Å². The minimum atomic E-state index is 0. The first-order valence-electron chi connectivity index (χ1n) is 6.25. The van der Waals surface area contributed by atoms with Crippen LogP contribution in [0.25, 0.3) is 0 Å². The molecular formula is C12H23IN4S. The molecule has 1 aromatic heterocycles. The molecule has 0 spiro atoms. The monoisotopic (exact) mass is 382 g/mol. The van der Waals surface area contributed by atoms with Gasteiger partial charge in [0.1, 0.15) is 5.01 Å². The van der Waals surface area contributed by atoms with Gasteiger partial charge in [0.2, 0.25) is 0 Å². The summed E-state index contributed by atoms with van der Waals surface area (Å²) in [6, 6.07) is 0. The van der Waals surface area contributed by atoms with Gasteiger partial charge in [-0.15, -0.1) is 35.3 Å². The number of guanidine groups is 1. The van der Waals surface area contributed by atoms with E-state index in [-0.39, 0.29) is 24.0 Å². The van der Waals surface area contributed by atoms with Gasteiger partial charge in [-0.05, 0) is 19.8 Å². The molecule has 0 aliphatic heterocycles. The van der Waals surface area contributed by atoms with Crippen molar-refractivity contribution in [3.8, 4) is 0 Å². The summed E-state index contributed by atoms with van der Waals surface area (Å²) in [6.07, 6.45) is 4.10. The van der Waals surface area contributed by atoms with Crippen LogP contribution < -0.4 is 10.6 Å². The molecule has 1 rings (SSSR count). The molecule has 0 aromatic carbocycles. The highest BCUT2D eigenvalue weighted by molar-refractivity contribution is 14.0. The molecule has 0 amide bonds. The molecule has 18 heavy (non-hydrogen) atoms. The number of aromatic nitrogens is 1. The first kappa shape index (κ1) is 17.6. The summed E-state index contributed by atoms with van der Waals surface area (Å²) in [5, 5.41) is 7.58. The molecule has 2 N–H and O–H groups in total. The molecule has 0 unspecified atom stereocenters. The van der Waals surface area contributed by atoms with E-state index in [1.165, 1.54) is 4.88 Å². The van der Waals surface area contributed by atoms with Gasteiger partial charge in [0.05, 0.1) is 6.54 Å². The van der Waals surface area contributed by atoms with Crippen molar-refractivity contribution >= 4 is 41.3 Å². The van der Waals surface area contributed by atoms with Crippen molar-refractivity contribution in [2.24, 2.45) is 4.99 Å². The first-order chi connectivity index (χ1) is 8.30. The van der Waals surface area contributed by atoms with Gasteiger partial charge in [-0.1, -0.05) is 13.8 Å². The lowest BCUT2D eigenvalue weighted by molar-refractivity contribution is 0.785. The van der Waals surface area contributed by atoms with Gasteiger partial charge >= 0.3 is 0 Å². The highest BCUT2D eigenvalue weighted by Gasteiger charge is 2.00. The number of hydrogen-bond acceptors (Lipinski definition) is 3. The van der Waals surface area contributed by atoms with Crippen LogP contribution in [-0.2, 0) is 13.0 Å². The van der Waals surface area contributed by atoms with Crippen LogP contribution in [0, 0.1) is 0 Å². The van der Waals surface area contributed by atoms with Crippen molar-refractivity contribution in [1.29, 1.82) is 0 Å². The molecule has 0 fully saturated rings. The predicted octanol–water partition coefficient (Wildman–Crippen LogP) is 2.79. The molecule has 0 radical (unpaired) electrons. The van der Waals surface area contributed by atoms with E-state index < -0.39 is 0 Å². The number of thiazole rings is 1. The number of aliphatic imine (C=N–C) groups is 1. The van der Waals surface area contributed by atoms with Crippen molar-refractivity contribution in [3.05, 3.63) is 16.1 Å². The van der Waals surface area contributed by atoms with E-state index in [1.807, 2.05) is 6.20 Å². The molecule has 0 saturated heterocycles. The van der Waals surface area contributed by atoms with Crippen molar-refractivity contribution in [2.45, 2.75) is 40.2 Å². The zero-order chi connectivity index (χ0) is 12.5. The molecule has 0 bridgehead atoms. The van der Waals surface area contributed by atoms with Crippen LogP contribution in [0.5, 0.6) is 0 Å². The van der Waals surface area contributed by atoms with Gasteiger partial charge < -0.3 is 10.6 Å². The van der Waals surface area contributed by atoms with Gasteiger partial charge in [0.15, 0.2) is 5.96 Å². The Balaban J connectivity index is 0.00000289. The number of rotatable bonds is 6. The zero-order valence-electron chi connectivity index (χ0n) is 11.3. The Hall–Kier alpha value is -0.370. The maximum absolute atomic E-state index is 4.51. The number of aryl methyl sites for hydroxylation is 1. The molecule has 1 heterocycles. The number of halogens is 1. The van der Waals surface area contributed by atoms with Crippen LogP contribution in [0.2, 0.25) is 0 Å². The van der Waals surface area contributed by atoms with Crippen LogP contribution in [-0.4, -0.2) is 24.0 Å². The standard InChI is InChI=1S/C12H22N4S.HI/c1-4-7-14-12(13-6-3)16-9-11-15-8-10(5-2)17-11;/h8H,4-7,9H2,1-3H3,(H2,13,14,16);1H. The summed E-state index contributed by atoms with van der Waals surface area (Å²) in [7, 11) is 0.